The van der Waals surface area contributed by atoms with Crippen molar-refractivity contribution in [3.63, 3.8) is 0 Å². The van der Waals surface area contributed by atoms with Gasteiger partial charge in [0.1, 0.15) is 5.56 Å². The molecule has 0 saturated carbocycles. The number of esters is 1. The van der Waals surface area contributed by atoms with Crippen LogP contribution in [0.2, 0.25) is 0 Å². The van der Waals surface area contributed by atoms with E-state index in [9.17, 15) is 14.9 Å². The molecule has 1 rings (SSSR count). The van der Waals surface area contributed by atoms with E-state index in [1.807, 2.05) is 0 Å². The van der Waals surface area contributed by atoms with Crippen LogP contribution in [0.4, 0.5) is 5.69 Å². The van der Waals surface area contributed by atoms with Crippen molar-refractivity contribution in [1.29, 1.82) is 0 Å². The maximum Gasteiger partial charge on any atom is 0.344 e. The average molecular weight is 250 g/mol. The summed E-state index contributed by atoms with van der Waals surface area (Å²) in [4.78, 5) is 23.7. The largest absolute Gasteiger partial charge is 0.465 e. The summed E-state index contributed by atoms with van der Waals surface area (Å²) in [6, 6.07) is 4.52. The molecular formula is C12H14N2O4. The number of nitro benzene ring substituents is 1. The van der Waals surface area contributed by atoms with Crippen LogP contribution in [-0.2, 0) is 4.74 Å². The molecule has 0 spiro atoms. The van der Waals surface area contributed by atoms with Crippen LogP contribution < -0.4 is 0 Å². The Hall–Kier alpha value is -2.37. The summed E-state index contributed by atoms with van der Waals surface area (Å²) in [5, 5.41) is 11.1. The van der Waals surface area contributed by atoms with Crippen molar-refractivity contribution in [3.05, 3.63) is 45.6 Å². The van der Waals surface area contributed by atoms with Crippen molar-refractivity contribution in [1.82, 2.24) is 4.90 Å². The molecule has 6 nitrogen and oxygen atoms in total. The number of hydrogen-bond acceptors (Lipinski definition) is 5. The van der Waals surface area contributed by atoms with Crippen LogP contribution in [0.3, 0.4) is 0 Å². The lowest BCUT2D eigenvalue weighted by atomic mass is 10.1. The number of carbonyl (C=O) groups is 1. The van der Waals surface area contributed by atoms with Crippen LogP contribution in [-0.4, -0.2) is 37.0 Å². The molecule has 6 heteroatoms. The van der Waals surface area contributed by atoms with Gasteiger partial charge in [-0.2, -0.15) is 0 Å². The predicted octanol–water partition coefficient (Wildman–Crippen LogP) is 1.91. The summed E-state index contributed by atoms with van der Waals surface area (Å²) in [5.41, 5.74) is 0.0578. The number of ether oxygens (including phenoxy) is 1. The smallest absolute Gasteiger partial charge is 0.344 e. The van der Waals surface area contributed by atoms with E-state index in [1.165, 1.54) is 13.2 Å². The van der Waals surface area contributed by atoms with Gasteiger partial charge in [0, 0.05) is 14.1 Å². The van der Waals surface area contributed by atoms with Gasteiger partial charge in [0.25, 0.3) is 5.69 Å². The van der Waals surface area contributed by atoms with Gasteiger partial charge in [-0.1, -0.05) is 6.07 Å². The molecule has 18 heavy (non-hydrogen) atoms. The maximum atomic E-state index is 11.5. The average Bonchev–Trinajstić information content (AvgIpc) is 2.34. The summed E-state index contributed by atoms with van der Waals surface area (Å²) < 4.78 is 4.53. The van der Waals surface area contributed by atoms with E-state index in [2.05, 4.69) is 4.74 Å². The molecule has 0 N–H and O–H groups in total. The van der Waals surface area contributed by atoms with Gasteiger partial charge < -0.3 is 9.64 Å². The summed E-state index contributed by atoms with van der Waals surface area (Å²) in [5.74, 6) is -0.721. The Labute approximate surface area is 105 Å². The first-order valence-electron chi connectivity index (χ1n) is 5.17. The predicted molar refractivity (Wildman–Crippen MR) is 67.2 cm³/mol. The van der Waals surface area contributed by atoms with E-state index in [1.54, 1.807) is 43.4 Å². The van der Waals surface area contributed by atoms with Crippen molar-refractivity contribution in [2.45, 2.75) is 0 Å². The van der Waals surface area contributed by atoms with Crippen LogP contribution in [0.5, 0.6) is 0 Å². The second-order valence-electron chi connectivity index (χ2n) is 3.77. The van der Waals surface area contributed by atoms with Crippen molar-refractivity contribution in [2.24, 2.45) is 0 Å². The fourth-order valence-corrected chi connectivity index (χ4v) is 1.40. The Morgan fingerprint density at radius 1 is 1.44 bits per heavy atom. The van der Waals surface area contributed by atoms with Crippen LogP contribution in [0.1, 0.15) is 15.9 Å². The van der Waals surface area contributed by atoms with Crippen LogP contribution in [0.25, 0.3) is 6.08 Å². The number of benzene rings is 1. The highest BCUT2D eigenvalue weighted by Gasteiger charge is 2.23. The zero-order chi connectivity index (χ0) is 13.7. The molecule has 1 aromatic carbocycles. The van der Waals surface area contributed by atoms with E-state index in [0.717, 1.165) is 0 Å². The lowest BCUT2D eigenvalue weighted by Gasteiger charge is -2.06. The number of rotatable bonds is 4. The fourth-order valence-electron chi connectivity index (χ4n) is 1.40. The van der Waals surface area contributed by atoms with Gasteiger partial charge in [-0.05, 0) is 24.4 Å². The summed E-state index contributed by atoms with van der Waals surface area (Å²) in [6.07, 6.45) is 3.24. The number of para-hydroxylation sites is 1. The zero-order valence-electron chi connectivity index (χ0n) is 10.4. The number of carbonyl (C=O) groups excluding carboxylic acids is 1. The van der Waals surface area contributed by atoms with Crippen LogP contribution in [0, 0.1) is 10.1 Å². The first-order valence-corrected chi connectivity index (χ1v) is 5.17. The van der Waals surface area contributed by atoms with Crippen molar-refractivity contribution >= 4 is 17.7 Å². The third-order valence-corrected chi connectivity index (χ3v) is 2.21. The minimum absolute atomic E-state index is 0.0524. The van der Waals surface area contributed by atoms with Gasteiger partial charge in [-0.15, -0.1) is 0 Å². The first-order chi connectivity index (χ1) is 8.47. The molecule has 0 unspecified atom stereocenters. The highest BCUT2D eigenvalue weighted by atomic mass is 16.6. The molecular weight excluding hydrogens is 236 g/mol. The molecule has 0 bridgehead atoms. The molecule has 1 aromatic rings. The van der Waals surface area contributed by atoms with Gasteiger partial charge in [0.2, 0.25) is 0 Å². The molecule has 0 radical (unpaired) electrons. The quantitative estimate of drug-likeness (QED) is 0.463. The van der Waals surface area contributed by atoms with Gasteiger partial charge >= 0.3 is 5.97 Å². The number of hydrogen-bond donors (Lipinski definition) is 0. The van der Waals surface area contributed by atoms with Crippen molar-refractivity contribution in [3.8, 4) is 0 Å². The third kappa shape index (κ3) is 3.07. The number of nitrogens with zero attached hydrogens (tertiary/aromatic N) is 2. The van der Waals surface area contributed by atoms with E-state index >= 15 is 0 Å². The van der Waals surface area contributed by atoms with Crippen LogP contribution in [0.15, 0.2) is 24.4 Å². The number of nitro groups is 1. The highest BCUT2D eigenvalue weighted by Crippen LogP contribution is 2.25. The molecule has 0 saturated heterocycles. The third-order valence-electron chi connectivity index (χ3n) is 2.21. The first kappa shape index (κ1) is 13.7. The maximum absolute atomic E-state index is 11.5. The van der Waals surface area contributed by atoms with E-state index in [-0.39, 0.29) is 11.3 Å². The Morgan fingerprint density at radius 3 is 2.61 bits per heavy atom. The van der Waals surface area contributed by atoms with Gasteiger partial charge in [0.15, 0.2) is 0 Å². The summed E-state index contributed by atoms with van der Waals surface area (Å²) in [6.45, 7) is 0. The Bertz CT molecular complexity index is 495. The second-order valence-corrected chi connectivity index (χ2v) is 3.77. The molecule has 0 amide bonds. The molecule has 0 atom stereocenters. The molecule has 0 fully saturated rings. The van der Waals surface area contributed by atoms with Crippen molar-refractivity contribution < 1.29 is 14.5 Å². The Morgan fingerprint density at radius 2 is 2.11 bits per heavy atom. The topological polar surface area (TPSA) is 72.7 Å². The molecule has 96 valence electrons. The standard InChI is InChI=1S/C12H14N2O4/c1-13(2)8-7-9-5-4-6-10(12(15)18-3)11(9)14(16)17/h4-8H,1-3H3/b8-7+. The lowest BCUT2D eigenvalue weighted by Crippen LogP contribution is -2.07. The monoisotopic (exact) mass is 250 g/mol. The molecule has 0 heterocycles. The van der Waals surface area contributed by atoms with Gasteiger partial charge in [-0.25, -0.2) is 4.79 Å². The minimum atomic E-state index is -0.721. The summed E-state index contributed by atoms with van der Waals surface area (Å²) in [7, 11) is 4.79. The summed E-state index contributed by atoms with van der Waals surface area (Å²) >= 11 is 0. The fraction of sp³-hybridized carbons (Fsp3) is 0.250. The molecule has 0 aliphatic rings. The normalized spacial score (nSPS) is 10.4. The van der Waals surface area contributed by atoms with E-state index in [4.69, 9.17) is 0 Å². The lowest BCUT2D eigenvalue weighted by molar-refractivity contribution is -0.385. The molecule has 0 aliphatic carbocycles. The van der Waals surface area contributed by atoms with Crippen LogP contribution >= 0.6 is 0 Å². The highest BCUT2D eigenvalue weighted by molar-refractivity contribution is 5.95. The van der Waals surface area contributed by atoms with Crippen molar-refractivity contribution in [2.75, 3.05) is 21.2 Å². The zero-order valence-corrected chi connectivity index (χ0v) is 10.4. The number of methoxy groups -OCH3 is 1. The van der Waals surface area contributed by atoms with E-state index < -0.39 is 10.9 Å². The SMILES string of the molecule is COC(=O)c1cccc(/C=C/N(C)C)c1[N+](=O)[O-]. The molecule has 0 aromatic heterocycles. The van der Waals surface area contributed by atoms with Gasteiger partial charge in [0.05, 0.1) is 17.6 Å². The minimum Gasteiger partial charge on any atom is -0.465 e. The van der Waals surface area contributed by atoms with Gasteiger partial charge in [-0.3, -0.25) is 10.1 Å². The van der Waals surface area contributed by atoms with E-state index in [0.29, 0.717) is 5.56 Å². The second kappa shape index (κ2) is 5.81. The Kier molecular flexibility index (Phi) is 4.42. The Balaban J connectivity index is 3.35. The molecule has 0 aliphatic heterocycles.